The minimum absolute atomic E-state index is 1.13. The Hall–Kier alpha value is -1.55. The van der Waals surface area contributed by atoms with Gasteiger partial charge in [0.05, 0.1) is 0 Å². The normalized spacial score (nSPS) is 9.31. The van der Waals surface area contributed by atoms with Crippen molar-refractivity contribution in [1.29, 1.82) is 15.8 Å². The molecule has 0 aromatic heterocycles. The molecule has 16 heavy (non-hydrogen) atoms. The molecule has 0 aromatic carbocycles. The van der Waals surface area contributed by atoms with Crippen molar-refractivity contribution in [3.63, 3.8) is 0 Å². The Bertz CT molecular complexity index is 254. The Labute approximate surface area is 98.3 Å². The summed E-state index contributed by atoms with van der Waals surface area (Å²) >= 11 is 0. The molecule has 0 atom stereocenters. The fourth-order valence-corrected chi connectivity index (χ4v) is 0.883. The SMILES string of the molecule is BOC(C#N)(C#N)C#N.CCN(CC)CC. The van der Waals surface area contributed by atoms with Gasteiger partial charge < -0.3 is 9.55 Å². The van der Waals surface area contributed by atoms with Crippen LogP contribution in [0.15, 0.2) is 0 Å². The quantitative estimate of drug-likeness (QED) is 0.632. The number of rotatable bonds is 4. The van der Waals surface area contributed by atoms with Gasteiger partial charge in [0.2, 0.25) is 0 Å². The molecule has 0 bridgehead atoms. The van der Waals surface area contributed by atoms with E-state index >= 15 is 0 Å². The van der Waals surface area contributed by atoms with Crippen molar-refractivity contribution in [3.05, 3.63) is 0 Å². The van der Waals surface area contributed by atoms with Crippen molar-refractivity contribution < 1.29 is 4.65 Å². The highest BCUT2D eigenvalue weighted by atomic mass is 16.4. The maximum atomic E-state index is 8.16. The summed E-state index contributed by atoms with van der Waals surface area (Å²) in [6.07, 6.45) is 0. The van der Waals surface area contributed by atoms with Crippen LogP contribution in [0.5, 0.6) is 0 Å². The van der Waals surface area contributed by atoms with Crippen LogP contribution in [-0.2, 0) is 4.65 Å². The molecule has 0 rings (SSSR count). The van der Waals surface area contributed by atoms with Gasteiger partial charge in [0.15, 0.2) is 0 Å². The Morgan fingerprint density at radius 2 is 1.31 bits per heavy atom. The van der Waals surface area contributed by atoms with Gasteiger partial charge >= 0.3 is 5.60 Å². The van der Waals surface area contributed by atoms with Gasteiger partial charge in [0.1, 0.15) is 18.2 Å². The highest BCUT2D eigenvalue weighted by Crippen LogP contribution is 2.02. The molecule has 0 spiro atoms. The molecule has 5 nitrogen and oxygen atoms in total. The molecule has 0 saturated heterocycles. The molecule has 0 aliphatic rings. The van der Waals surface area contributed by atoms with E-state index in [4.69, 9.17) is 15.8 Å². The maximum Gasteiger partial charge on any atom is 0.315 e. The first kappa shape index (κ1) is 16.9. The summed E-state index contributed by atoms with van der Waals surface area (Å²) in [4.78, 5) is 2.38. The molecule has 0 N–H and O–H groups in total. The van der Waals surface area contributed by atoms with Crippen LogP contribution < -0.4 is 0 Å². The minimum Gasteiger partial charge on any atom is -0.406 e. The Kier molecular flexibility index (Phi) is 10.5. The molecule has 0 fully saturated rings. The average Bonchev–Trinajstić information content (AvgIpc) is 2.36. The molecular formula is C10H17BN4O. The van der Waals surface area contributed by atoms with Crippen molar-refractivity contribution in [2.45, 2.75) is 26.4 Å². The van der Waals surface area contributed by atoms with Crippen molar-refractivity contribution in [3.8, 4) is 18.2 Å². The highest BCUT2D eigenvalue weighted by molar-refractivity contribution is 5.99. The molecule has 0 aliphatic carbocycles. The summed E-state index contributed by atoms with van der Waals surface area (Å²) in [6.45, 7) is 10.1. The lowest BCUT2D eigenvalue weighted by Gasteiger charge is -2.13. The van der Waals surface area contributed by atoms with E-state index in [1.54, 1.807) is 0 Å². The molecule has 0 aliphatic heterocycles. The summed E-state index contributed by atoms with van der Waals surface area (Å²) in [5.74, 6) is 0. The number of hydrogen-bond acceptors (Lipinski definition) is 5. The minimum atomic E-state index is -1.92. The second kappa shape index (κ2) is 9.99. The second-order valence-corrected chi connectivity index (χ2v) is 2.84. The summed E-state index contributed by atoms with van der Waals surface area (Å²) in [5, 5.41) is 24.5. The van der Waals surface area contributed by atoms with Gasteiger partial charge in [-0.05, 0) is 19.6 Å². The third-order valence-electron chi connectivity index (χ3n) is 2.12. The maximum absolute atomic E-state index is 8.16. The zero-order valence-electron chi connectivity index (χ0n) is 10.3. The van der Waals surface area contributed by atoms with E-state index in [0.29, 0.717) is 0 Å². The second-order valence-electron chi connectivity index (χ2n) is 2.84. The fourth-order valence-electron chi connectivity index (χ4n) is 0.883. The molecule has 0 amide bonds. The van der Waals surface area contributed by atoms with Crippen LogP contribution in [0.4, 0.5) is 0 Å². The van der Waals surface area contributed by atoms with Crippen molar-refractivity contribution in [2.75, 3.05) is 19.6 Å². The molecule has 0 heterocycles. The van der Waals surface area contributed by atoms with E-state index in [9.17, 15) is 0 Å². The molecule has 0 saturated carbocycles. The number of hydrogen-bond donors (Lipinski definition) is 0. The molecule has 6 heteroatoms. The first-order valence-corrected chi connectivity index (χ1v) is 5.10. The first-order chi connectivity index (χ1) is 7.59. The lowest BCUT2D eigenvalue weighted by atomic mass is 10.1. The van der Waals surface area contributed by atoms with Crippen LogP contribution >= 0.6 is 0 Å². The van der Waals surface area contributed by atoms with Crippen LogP contribution in [0.2, 0.25) is 0 Å². The molecule has 86 valence electrons. The Balaban J connectivity index is 0. The fraction of sp³-hybridized carbons (Fsp3) is 0.700. The van der Waals surface area contributed by atoms with Crippen molar-refractivity contribution in [1.82, 2.24) is 4.90 Å². The van der Waals surface area contributed by atoms with Crippen LogP contribution in [0.3, 0.4) is 0 Å². The van der Waals surface area contributed by atoms with Gasteiger partial charge in [-0.1, -0.05) is 20.8 Å². The van der Waals surface area contributed by atoms with E-state index in [1.807, 2.05) is 0 Å². The summed E-state index contributed by atoms with van der Waals surface area (Å²) in [5.41, 5.74) is -1.92. The van der Waals surface area contributed by atoms with Crippen LogP contribution in [0.25, 0.3) is 0 Å². The zero-order chi connectivity index (χ0) is 13.0. The topological polar surface area (TPSA) is 83.8 Å². The van der Waals surface area contributed by atoms with Crippen LogP contribution in [0.1, 0.15) is 20.8 Å². The third-order valence-corrected chi connectivity index (χ3v) is 2.12. The van der Waals surface area contributed by atoms with E-state index in [2.05, 4.69) is 30.3 Å². The van der Waals surface area contributed by atoms with Gasteiger partial charge in [-0.3, -0.25) is 0 Å². The first-order valence-electron chi connectivity index (χ1n) is 5.10. The zero-order valence-corrected chi connectivity index (χ0v) is 10.3. The monoisotopic (exact) mass is 220 g/mol. The van der Waals surface area contributed by atoms with Gasteiger partial charge in [-0.15, -0.1) is 0 Å². The summed E-state index contributed by atoms with van der Waals surface area (Å²) in [7, 11) is 1.13. The highest BCUT2D eigenvalue weighted by Gasteiger charge is 2.27. The van der Waals surface area contributed by atoms with E-state index < -0.39 is 5.60 Å². The predicted molar refractivity (Wildman–Crippen MR) is 62.7 cm³/mol. The average molecular weight is 220 g/mol. The number of nitriles is 3. The lowest BCUT2D eigenvalue weighted by Crippen LogP contribution is -2.24. The van der Waals surface area contributed by atoms with E-state index in [1.165, 1.54) is 37.8 Å². The standard InChI is InChI=1S/C6H15N.C4H2BN3O/c1-4-7(5-2)6-3;5-9-4(1-6,2-7)3-8/h4-6H2,1-3H3;5H2. The van der Waals surface area contributed by atoms with Gasteiger partial charge in [0.25, 0.3) is 8.05 Å². The number of nitrogens with zero attached hydrogens (tertiary/aromatic N) is 4. The molecule has 0 unspecified atom stereocenters. The van der Waals surface area contributed by atoms with E-state index in [-0.39, 0.29) is 0 Å². The molecule has 0 aromatic rings. The van der Waals surface area contributed by atoms with Gasteiger partial charge in [-0.25, -0.2) is 0 Å². The molecule has 0 radical (unpaired) electrons. The summed E-state index contributed by atoms with van der Waals surface area (Å²) in [6, 6.07) is 4.26. The van der Waals surface area contributed by atoms with Crippen LogP contribution in [0, 0.1) is 34.0 Å². The predicted octanol–water partition coefficient (Wildman–Crippen LogP) is 0.209. The smallest absolute Gasteiger partial charge is 0.315 e. The van der Waals surface area contributed by atoms with Crippen molar-refractivity contribution >= 4 is 8.05 Å². The van der Waals surface area contributed by atoms with Gasteiger partial charge in [-0.2, -0.15) is 15.8 Å². The molecular weight excluding hydrogens is 203 g/mol. The summed E-state index contributed by atoms with van der Waals surface area (Å²) < 4.78 is 4.30. The van der Waals surface area contributed by atoms with Crippen molar-refractivity contribution in [2.24, 2.45) is 0 Å². The lowest BCUT2D eigenvalue weighted by molar-refractivity contribution is 0.269. The van der Waals surface area contributed by atoms with E-state index in [0.717, 1.165) is 8.05 Å². The largest absolute Gasteiger partial charge is 0.406 e. The van der Waals surface area contributed by atoms with Crippen LogP contribution in [-0.4, -0.2) is 38.2 Å². The van der Waals surface area contributed by atoms with Gasteiger partial charge in [0, 0.05) is 0 Å². The Morgan fingerprint density at radius 1 is 1.00 bits per heavy atom. The third kappa shape index (κ3) is 6.04. The Morgan fingerprint density at radius 3 is 1.31 bits per heavy atom.